The Labute approximate surface area is 237 Å². The fourth-order valence-electron chi connectivity index (χ4n) is 6.06. The number of nitrogens with zero attached hydrogens (tertiary/aromatic N) is 6. The zero-order valence-electron chi connectivity index (χ0n) is 22.7. The van der Waals surface area contributed by atoms with Crippen molar-refractivity contribution in [3.05, 3.63) is 77.5 Å². The molecule has 2 fully saturated rings. The molecule has 0 radical (unpaired) electrons. The van der Waals surface area contributed by atoms with Gasteiger partial charge in [0.1, 0.15) is 4.90 Å². The molecule has 1 unspecified atom stereocenters. The van der Waals surface area contributed by atoms with Crippen molar-refractivity contribution in [3.8, 4) is 5.69 Å². The molecule has 8 nitrogen and oxygen atoms in total. The fourth-order valence-corrected chi connectivity index (χ4v) is 6.71. The van der Waals surface area contributed by atoms with Crippen molar-refractivity contribution in [1.29, 1.82) is 0 Å². The molecule has 0 bridgehead atoms. The van der Waals surface area contributed by atoms with Gasteiger partial charge in [0, 0.05) is 25.2 Å². The number of aryl methyl sites for hydroxylation is 1. The summed E-state index contributed by atoms with van der Waals surface area (Å²) in [4.78, 5) is 4.47. The highest BCUT2D eigenvalue weighted by atomic mass is 32.5. The van der Waals surface area contributed by atoms with Gasteiger partial charge in [-0.1, -0.05) is 42.8 Å². The highest BCUT2D eigenvalue weighted by molar-refractivity contribution is 8.45. The minimum absolute atomic E-state index is 0.204. The summed E-state index contributed by atoms with van der Waals surface area (Å²) in [7, 11) is -7.99. The zero-order chi connectivity index (χ0) is 29.6. The van der Waals surface area contributed by atoms with E-state index in [0.29, 0.717) is 61.8 Å². The summed E-state index contributed by atoms with van der Waals surface area (Å²) in [5.41, 5.74) is 4.35. The number of aromatic nitrogens is 3. The SMILES string of the molecule is Cc1cn(-c2ccc(C=C3CC4(COC4)CN4C3=NN(C)CC4c3ccc(S(F)(F)(F)(F)F)cc3)c3cnoc23)cn1. The molecule has 7 rings (SSSR count). The molecular formula is C28H27F5N6O2S. The monoisotopic (exact) mass is 606 g/mol. The van der Waals surface area contributed by atoms with Crippen molar-refractivity contribution in [3.63, 3.8) is 0 Å². The van der Waals surface area contributed by atoms with Crippen LogP contribution in [0, 0.1) is 12.3 Å². The van der Waals surface area contributed by atoms with Crippen LogP contribution >= 0.6 is 10.2 Å². The predicted octanol–water partition coefficient (Wildman–Crippen LogP) is 7.09. The third-order valence-electron chi connectivity index (χ3n) is 8.09. The second kappa shape index (κ2) is 8.34. The van der Waals surface area contributed by atoms with Crippen LogP contribution in [-0.2, 0) is 4.74 Å². The lowest BCUT2D eigenvalue weighted by Gasteiger charge is -2.54. The molecule has 2 aromatic carbocycles. The van der Waals surface area contributed by atoms with Crippen LogP contribution in [-0.4, -0.2) is 63.8 Å². The van der Waals surface area contributed by atoms with Gasteiger partial charge < -0.3 is 18.7 Å². The third kappa shape index (κ3) is 4.62. The highest BCUT2D eigenvalue weighted by Gasteiger charge is 2.65. The minimum Gasteiger partial charge on any atom is -0.380 e. The smallest absolute Gasteiger partial charge is 0.310 e. The molecule has 4 aromatic rings. The van der Waals surface area contributed by atoms with Crippen molar-refractivity contribution in [2.24, 2.45) is 10.5 Å². The molecule has 2 aromatic heterocycles. The number of fused-ring (bicyclic) bond motifs is 2. The normalized spacial score (nSPS) is 23.0. The van der Waals surface area contributed by atoms with Gasteiger partial charge in [0.05, 0.1) is 55.1 Å². The van der Waals surface area contributed by atoms with Gasteiger partial charge in [0.15, 0.2) is 11.4 Å². The van der Waals surface area contributed by atoms with Crippen molar-refractivity contribution in [2.75, 3.05) is 33.4 Å². The Morgan fingerprint density at radius 3 is 2.45 bits per heavy atom. The Morgan fingerprint density at radius 1 is 1.05 bits per heavy atom. The third-order valence-corrected chi connectivity index (χ3v) is 9.25. The number of benzene rings is 2. The van der Waals surface area contributed by atoms with Crippen LogP contribution in [0.2, 0.25) is 0 Å². The quantitative estimate of drug-likeness (QED) is 0.231. The van der Waals surface area contributed by atoms with Crippen molar-refractivity contribution < 1.29 is 28.7 Å². The lowest BCUT2D eigenvalue weighted by atomic mass is 9.74. The summed E-state index contributed by atoms with van der Waals surface area (Å²) in [5, 5.41) is 11.4. The number of hydrazone groups is 1. The van der Waals surface area contributed by atoms with E-state index < -0.39 is 21.2 Å². The van der Waals surface area contributed by atoms with E-state index in [0.717, 1.165) is 40.0 Å². The molecule has 3 aliphatic rings. The molecule has 5 heterocycles. The van der Waals surface area contributed by atoms with Gasteiger partial charge >= 0.3 is 10.2 Å². The highest BCUT2D eigenvalue weighted by Crippen LogP contribution is 3.02. The van der Waals surface area contributed by atoms with Crippen LogP contribution in [0.5, 0.6) is 0 Å². The summed E-state index contributed by atoms with van der Waals surface area (Å²) in [6.07, 6.45) is 7.99. The summed E-state index contributed by atoms with van der Waals surface area (Å²) < 4.78 is 80.1. The number of likely N-dealkylation sites (N-methyl/N-ethyl adjacent to an activating group) is 1. The minimum atomic E-state index is -9.78. The molecule has 42 heavy (non-hydrogen) atoms. The van der Waals surface area contributed by atoms with Gasteiger partial charge in [0.2, 0.25) is 0 Å². The number of amidine groups is 1. The first-order valence-electron chi connectivity index (χ1n) is 13.3. The molecular weight excluding hydrogens is 579 g/mol. The molecule has 0 N–H and O–H groups in total. The Kier molecular flexibility index (Phi) is 5.36. The number of piperidine rings is 1. The number of hydrogen-bond donors (Lipinski definition) is 0. The maximum absolute atomic E-state index is 13.4. The van der Waals surface area contributed by atoms with Gasteiger partial charge in [-0.15, -0.1) is 0 Å². The van der Waals surface area contributed by atoms with Crippen molar-refractivity contribution in [1.82, 2.24) is 24.6 Å². The van der Waals surface area contributed by atoms with Crippen LogP contribution < -0.4 is 0 Å². The van der Waals surface area contributed by atoms with E-state index >= 15 is 0 Å². The summed E-state index contributed by atoms with van der Waals surface area (Å²) in [6.45, 7) is 3.91. The first kappa shape index (κ1) is 27.0. The predicted molar refractivity (Wildman–Crippen MR) is 149 cm³/mol. The first-order valence-corrected chi connectivity index (χ1v) is 15.2. The van der Waals surface area contributed by atoms with Gasteiger partial charge in [-0.3, -0.25) is 5.01 Å². The number of imidazole rings is 1. The fraction of sp³-hybridized carbons (Fsp3) is 0.321. The average Bonchev–Trinajstić information content (AvgIpc) is 3.56. The molecule has 0 aliphatic carbocycles. The Balaban J connectivity index is 1.29. The van der Waals surface area contributed by atoms with E-state index in [1.807, 2.05) is 35.9 Å². The Hall–Kier alpha value is -3.91. The lowest BCUT2D eigenvalue weighted by molar-refractivity contribution is -0.128. The van der Waals surface area contributed by atoms with E-state index in [4.69, 9.17) is 14.4 Å². The topological polar surface area (TPSA) is 71.9 Å². The standard InChI is InChI=1S/C28H27F5N6O2S/c1-18-12-38(17-34-18)24-8-5-20(23-11-35-41-26(23)24)9-21-10-28(15-40-16-28)14-39-25(13-37(2)36-27(21)39)19-3-6-22(7-4-19)42(29,30,31,32)33/h3-9,11-12,17,25H,10,13-16H2,1-2H3. The van der Waals surface area contributed by atoms with E-state index in [1.54, 1.807) is 24.6 Å². The second-order valence-electron chi connectivity index (χ2n) is 11.4. The summed E-state index contributed by atoms with van der Waals surface area (Å²) in [6, 6.07) is 6.76. The number of ether oxygens (including phenoxy) is 1. The number of hydrogen-bond acceptors (Lipinski definition) is 7. The van der Waals surface area contributed by atoms with Crippen molar-refractivity contribution in [2.45, 2.75) is 24.3 Å². The second-order valence-corrected chi connectivity index (χ2v) is 13.9. The van der Waals surface area contributed by atoms with E-state index in [2.05, 4.69) is 15.0 Å². The van der Waals surface area contributed by atoms with E-state index in [1.165, 1.54) is 0 Å². The van der Waals surface area contributed by atoms with E-state index in [9.17, 15) is 19.4 Å². The van der Waals surface area contributed by atoms with Gasteiger partial charge in [-0.05, 0) is 54.3 Å². The Morgan fingerprint density at radius 2 is 1.81 bits per heavy atom. The van der Waals surface area contributed by atoms with Gasteiger partial charge in [-0.25, -0.2) is 4.98 Å². The van der Waals surface area contributed by atoms with Crippen molar-refractivity contribution >= 4 is 33.1 Å². The van der Waals surface area contributed by atoms with E-state index in [-0.39, 0.29) is 5.41 Å². The molecule has 1 atom stereocenters. The molecule has 1 spiro atoms. The van der Waals surface area contributed by atoms with Crippen LogP contribution in [0.25, 0.3) is 22.7 Å². The summed E-state index contributed by atoms with van der Waals surface area (Å²) >= 11 is 0. The van der Waals surface area contributed by atoms with Crippen LogP contribution in [0.4, 0.5) is 19.4 Å². The van der Waals surface area contributed by atoms with Crippen LogP contribution in [0.15, 0.2) is 75.2 Å². The number of rotatable bonds is 4. The maximum atomic E-state index is 13.4. The molecule has 14 heteroatoms. The molecule has 0 amide bonds. The first-order chi connectivity index (χ1) is 19.7. The van der Waals surface area contributed by atoms with Gasteiger partial charge in [-0.2, -0.15) is 5.10 Å². The number of halogens is 5. The largest absolute Gasteiger partial charge is 0.380 e. The average molecular weight is 607 g/mol. The molecule has 3 aliphatic heterocycles. The summed E-state index contributed by atoms with van der Waals surface area (Å²) in [5.74, 6) is 0.682. The Bertz CT molecular complexity index is 1780. The maximum Gasteiger partial charge on any atom is 0.310 e. The lowest BCUT2D eigenvalue weighted by Crippen LogP contribution is -2.60. The van der Waals surface area contributed by atoms with Crippen LogP contribution in [0.1, 0.15) is 29.3 Å². The zero-order valence-corrected chi connectivity index (χ0v) is 23.5. The molecule has 222 valence electrons. The van der Waals surface area contributed by atoms with Gasteiger partial charge in [0.25, 0.3) is 0 Å². The molecule has 0 saturated carbocycles. The van der Waals surface area contributed by atoms with Crippen LogP contribution in [0.3, 0.4) is 0 Å². The molecule has 2 saturated heterocycles.